The summed E-state index contributed by atoms with van der Waals surface area (Å²) in [6.07, 6.45) is 6.50. The molecule has 0 unspecified atom stereocenters. The highest BCUT2D eigenvalue weighted by molar-refractivity contribution is 5.81. The molecule has 0 heterocycles. The third kappa shape index (κ3) is 7.78. The number of carbonyl (C=O) groups is 1. The van der Waals surface area contributed by atoms with Crippen LogP contribution in [0.1, 0.15) is 50.7 Å². The van der Waals surface area contributed by atoms with Gasteiger partial charge in [0.25, 0.3) is 0 Å². The number of hydrazone groups is 1. The lowest BCUT2D eigenvalue weighted by molar-refractivity contribution is 0.249. The Kier molecular flexibility index (Phi) is 8.91. The third-order valence-corrected chi connectivity index (χ3v) is 3.40. The van der Waals surface area contributed by atoms with Crippen LogP contribution in [0, 0.1) is 0 Å². The van der Waals surface area contributed by atoms with Crippen LogP contribution in [0.25, 0.3) is 0 Å². The maximum absolute atomic E-state index is 10.6. The van der Waals surface area contributed by atoms with Crippen molar-refractivity contribution in [3.05, 3.63) is 35.4 Å². The number of rotatable bonds is 10. The van der Waals surface area contributed by atoms with E-state index in [0.29, 0.717) is 0 Å². The van der Waals surface area contributed by atoms with Gasteiger partial charge in [0.15, 0.2) is 0 Å². The first-order valence-corrected chi connectivity index (χ1v) is 8.05. The van der Waals surface area contributed by atoms with Crippen molar-refractivity contribution in [2.75, 3.05) is 13.1 Å². The molecule has 0 aromatic heterocycles. The zero-order chi connectivity index (χ0) is 16.2. The maximum atomic E-state index is 10.6. The lowest BCUT2D eigenvalue weighted by Crippen LogP contribution is -2.25. The van der Waals surface area contributed by atoms with Gasteiger partial charge in [-0.3, -0.25) is 4.90 Å². The molecule has 0 fully saturated rings. The summed E-state index contributed by atoms with van der Waals surface area (Å²) in [5.74, 6) is 0. The van der Waals surface area contributed by atoms with Gasteiger partial charge in [0, 0.05) is 6.54 Å². The molecular formula is C17H28N4O. The number of hydrogen-bond donors (Lipinski definition) is 2. The molecule has 1 aromatic rings. The van der Waals surface area contributed by atoms with Crippen molar-refractivity contribution in [3.8, 4) is 0 Å². The summed E-state index contributed by atoms with van der Waals surface area (Å²) in [6, 6.07) is 7.54. The number of carbonyl (C=O) groups excluding carboxylic acids is 1. The molecule has 0 atom stereocenters. The quantitative estimate of drug-likeness (QED) is 0.515. The van der Waals surface area contributed by atoms with Gasteiger partial charge in [-0.2, -0.15) is 5.10 Å². The van der Waals surface area contributed by atoms with E-state index in [1.54, 1.807) is 6.21 Å². The van der Waals surface area contributed by atoms with Crippen molar-refractivity contribution in [1.82, 2.24) is 10.3 Å². The van der Waals surface area contributed by atoms with E-state index < -0.39 is 6.03 Å². The van der Waals surface area contributed by atoms with E-state index in [4.69, 9.17) is 5.73 Å². The minimum atomic E-state index is -0.655. The van der Waals surface area contributed by atoms with Gasteiger partial charge in [-0.1, -0.05) is 44.9 Å². The monoisotopic (exact) mass is 304 g/mol. The molecule has 0 bridgehead atoms. The molecule has 0 saturated carbocycles. The van der Waals surface area contributed by atoms with E-state index in [1.165, 1.54) is 31.2 Å². The molecule has 5 nitrogen and oxygen atoms in total. The fourth-order valence-electron chi connectivity index (χ4n) is 2.23. The molecule has 0 spiro atoms. The van der Waals surface area contributed by atoms with Crippen molar-refractivity contribution in [1.29, 1.82) is 0 Å². The molecule has 0 aliphatic rings. The van der Waals surface area contributed by atoms with Crippen LogP contribution >= 0.6 is 0 Å². The van der Waals surface area contributed by atoms with Crippen LogP contribution in [0.3, 0.4) is 0 Å². The smallest absolute Gasteiger partial charge is 0.332 e. The largest absolute Gasteiger partial charge is 0.350 e. The van der Waals surface area contributed by atoms with Crippen LogP contribution in [-0.4, -0.2) is 30.2 Å². The Labute approximate surface area is 133 Å². The van der Waals surface area contributed by atoms with Crippen LogP contribution in [-0.2, 0) is 6.54 Å². The number of urea groups is 1. The highest BCUT2D eigenvalue weighted by Crippen LogP contribution is 2.09. The van der Waals surface area contributed by atoms with E-state index >= 15 is 0 Å². The molecule has 2 amide bonds. The minimum Gasteiger partial charge on any atom is -0.350 e. The van der Waals surface area contributed by atoms with Gasteiger partial charge in [0.1, 0.15) is 0 Å². The molecule has 5 heteroatoms. The van der Waals surface area contributed by atoms with E-state index in [2.05, 4.69) is 41.4 Å². The fourth-order valence-corrected chi connectivity index (χ4v) is 2.23. The zero-order valence-corrected chi connectivity index (χ0v) is 13.7. The number of nitrogens with two attached hydrogens (primary N) is 1. The molecule has 122 valence electrons. The summed E-state index contributed by atoms with van der Waals surface area (Å²) in [5, 5.41) is 3.80. The molecular weight excluding hydrogens is 276 g/mol. The SMILES string of the molecule is CCCCN(CCCC)Cc1cccc(C=NNC(N)=O)c1. The molecule has 22 heavy (non-hydrogen) atoms. The summed E-state index contributed by atoms with van der Waals surface area (Å²) in [6.45, 7) is 7.67. The van der Waals surface area contributed by atoms with Crippen molar-refractivity contribution in [3.63, 3.8) is 0 Å². The average Bonchev–Trinajstić information content (AvgIpc) is 2.50. The number of amides is 2. The van der Waals surface area contributed by atoms with Gasteiger partial charge in [-0.05, 0) is 43.1 Å². The normalized spacial score (nSPS) is 11.2. The Morgan fingerprint density at radius 1 is 1.27 bits per heavy atom. The van der Waals surface area contributed by atoms with Gasteiger partial charge in [0.05, 0.1) is 6.21 Å². The van der Waals surface area contributed by atoms with Crippen molar-refractivity contribution in [2.45, 2.75) is 46.1 Å². The van der Waals surface area contributed by atoms with Crippen molar-refractivity contribution in [2.24, 2.45) is 10.8 Å². The predicted molar refractivity (Wildman–Crippen MR) is 91.8 cm³/mol. The predicted octanol–water partition coefficient (Wildman–Crippen LogP) is 3.09. The Bertz CT molecular complexity index is 465. The van der Waals surface area contributed by atoms with E-state index in [0.717, 1.165) is 25.2 Å². The van der Waals surface area contributed by atoms with Crippen molar-refractivity contribution >= 4 is 12.2 Å². The van der Waals surface area contributed by atoms with Gasteiger partial charge in [0.2, 0.25) is 0 Å². The molecule has 0 aliphatic carbocycles. The van der Waals surface area contributed by atoms with E-state index in [9.17, 15) is 4.79 Å². The summed E-state index contributed by atoms with van der Waals surface area (Å²) in [5.41, 5.74) is 9.40. The maximum Gasteiger partial charge on any atom is 0.332 e. The fraction of sp³-hybridized carbons (Fsp3) is 0.529. The first-order valence-electron chi connectivity index (χ1n) is 8.05. The van der Waals surface area contributed by atoms with Gasteiger partial charge in [-0.15, -0.1) is 0 Å². The topological polar surface area (TPSA) is 70.7 Å². The summed E-state index contributed by atoms with van der Waals surface area (Å²) in [7, 11) is 0. The third-order valence-electron chi connectivity index (χ3n) is 3.40. The Balaban J connectivity index is 2.64. The lowest BCUT2D eigenvalue weighted by Gasteiger charge is -2.22. The van der Waals surface area contributed by atoms with Gasteiger partial charge < -0.3 is 5.73 Å². The van der Waals surface area contributed by atoms with Gasteiger partial charge >= 0.3 is 6.03 Å². The molecule has 1 aromatic carbocycles. The number of benzene rings is 1. The summed E-state index contributed by atoms with van der Waals surface area (Å²) in [4.78, 5) is 13.1. The number of nitrogens with zero attached hydrogens (tertiary/aromatic N) is 2. The molecule has 0 saturated heterocycles. The van der Waals surface area contributed by atoms with Gasteiger partial charge in [-0.25, -0.2) is 10.2 Å². The average molecular weight is 304 g/mol. The first kappa shape index (κ1) is 18.2. The Morgan fingerprint density at radius 3 is 2.55 bits per heavy atom. The lowest BCUT2D eigenvalue weighted by atomic mass is 10.1. The second-order valence-electron chi connectivity index (χ2n) is 5.46. The number of nitrogens with one attached hydrogen (secondary N) is 1. The highest BCUT2D eigenvalue weighted by Gasteiger charge is 2.05. The molecule has 0 aliphatic heterocycles. The second-order valence-corrected chi connectivity index (χ2v) is 5.46. The van der Waals surface area contributed by atoms with E-state index in [1.807, 2.05) is 12.1 Å². The minimum absolute atomic E-state index is 0.655. The molecule has 0 radical (unpaired) electrons. The second kappa shape index (κ2) is 10.8. The van der Waals surface area contributed by atoms with Crippen LogP contribution in [0.2, 0.25) is 0 Å². The zero-order valence-electron chi connectivity index (χ0n) is 13.7. The van der Waals surface area contributed by atoms with Crippen LogP contribution in [0.5, 0.6) is 0 Å². The first-order chi connectivity index (χ1) is 10.7. The Hall–Kier alpha value is -1.88. The van der Waals surface area contributed by atoms with Crippen LogP contribution < -0.4 is 11.2 Å². The van der Waals surface area contributed by atoms with Crippen LogP contribution in [0.15, 0.2) is 29.4 Å². The molecule has 3 N–H and O–H groups in total. The number of primary amides is 1. The standard InChI is InChI=1S/C17H28N4O/c1-3-5-10-21(11-6-4-2)14-16-9-7-8-15(12-16)13-19-20-17(18)22/h7-9,12-13H,3-6,10-11,14H2,1-2H3,(H3,18,20,22). The van der Waals surface area contributed by atoms with E-state index in [-0.39, 0.29) is 0 Å². The van der Waals surface area contributed by atoms with Crippen LogP contribution in [0.4, 0.5) is 4.79 Å². The Morgan fingerprint density at radius 2 is 1.95 bits per heavy atom. The summed E-state index contributed by atoms with van der Waals surface area (Å²) >= 11 is 0. The highest BCUT2D eigenvalue weighted by atomic mass is 16.2. The number of hydrogen-bond acceptors (Lipinski definition) is 3. The molecule has 1 rings (SSSR count). The summed E-state index contributed by atoms with van der Waals surface area (Å²) < 4.78 is 0. The van der Waals surface area contributed by atoms with Crippen molar-refractivity contribution < 1.29 is 4.79 Å². The number of unbranched alkanes of at least 4 members (excludes halogenated alkanes) is 2.